The van der Waals surface area contributed by atoms with E-state index in [0.717, 1.165) is 0 Å². The lowest BCUT2D eigenvalue weighted by molar-refractivity contribution is -0.0444. The Kier molecular flexibility index (Phi) is 11.0. The van der Waals surface area contributed by atoms with Crippen molar-refractivity contribution in [2.24, 2.45) is 0 Å². The van der Waals surface area contributed by atoms with Gasteiger partial charge in [0, 0.05) is 24.3 Å². The van der Waals surface area contributed by atoms with E-state index in [0.29, 0.717) is 47.7 Å². The van der Waals surface area contributed by atoms with Gasteiger partial charge in [-0.3, -0.25) is 4.79 Å². The second kappa shape index (κ2) is 14.5. The maximum absolute atomic E-state index is 13.6. The number of alkyl carbamates (subject to hydrolysis) is 1. The standard InChI is InChI=1S/C34H45N5O8S/c1-32(2,3)47-31(41)37-18-23-10-9-11-25-28(23)46-17-8-7-16-45-21-34(6,42)20-33(4,5)48(43,44)24-14-12-22(13-15-24)26-19-36-29(35)27(38-26)30(40)39-25/h9-15,19,42H,7-8,16-18,20-21H2,1-6H3,(H2,35,36)(H,37,41)(H,39,40)/t34-/m0/s1. The Morgan fingerprint density at radius 2 is 1.79 bits per heavy atom. The van der Waals surface area contributed by atoms with E-state index in [1.165, 1.54) is 18.3 Å². The van der Waals surface area contributed by atoms with Crippen molar-refractivity contribution in [2.75, 3.05) is 30.9 Å². The minimum absolute atomic E-state index is 0.0563. The van der Waals surface area contributed by atoms with Crippen molar-refractivity contribution >= 4 is 33.3 Å². The lowest BCUT2D eigenvalue weighted by atomic mass is 9.94. The molecule has 5 rings (SSSR count). The summed E-state index contributed by atoms with van der Waals surface area (Å²) in [5.74, 6) is -0.411. The lowest BCUT2D eigenvalue weighted by Gasteiger charge is -2.33. The second-order valence-corrected chi connectivity index (χ2v) is 16.2. The number of hydrogen-bond acceptors (Lipinski definition) is 11. The van der Waals surface area contributed by atoms with Gasteiger partial charge in [-0.05, 0) is 79.0 Å². The number of hydrogen-bond donors (Lipinski definition) is 4. The van der Waals surface area contributed by atoms with E-state index >= 15 is 0 Å². The van der Waals surface area contributed by atoms with Crippen molar-refractivity contribution in [3.8, 4) is 17.0 Å². The molecule has 0 unspecified atom stereocenters. The summed E-state index contributed by atoms with van der Waals surface area (Å²) in [6.07, 6.45) is 1.85. The first-order chi connectivity index (χ1) is 22.4. The molecule has 0 aliphatic carbocycles. The van der Waals surface area contributed by atoms with Crippen LogP contribution in [0.25, 0.3) is 11.3 Å². The molecule has 2 amide bonds. The number of anilines is 2. The molecule has 4 bridgehead atoms. The Balaban J connectivity index is 1.70. The predicted molar refractivity (Wildman–Crippen MR) is 181 cm³/mol. The highest BCUT2D eigenvalue weighted by atomic mass is 32.2. The van der Waals surface area contributed by atoms with Gasteiger partial charge in [0.15, 0.2) is 21.3 Å². The quantitative estimate of drug-likeness (QED) is 0.288. The Labute approximate surface area is 281 Å². The number of nitrogen functional groups attached to an aromatic ring is 1. The van der Waals surface area contributed by atoms with Gasteiger partial charge in [0.1, 0.15) is 11.4 Å². The Hall–Kier alpha value is -4.27. The van der Waals surface area contributed by atoms with Crippen molar-refractivity contribution < 1.29 is 37.3 Å². The van der Waals surface area contributed by atoms with Crippen LogP contribution in [0.1, 0.15) is 76.9 Å². The third-order valence-corrected chi connectivity index (χ3v) is 10.0. The molecule has 0 spiro atoms. The third kappa shape index (κ3) is 9.20. The number of aromatic nitrogens is 2. The van der Waals surface area contributed by atoms with E-state index in [4.69, 9.17) is 19.9 Å². The van der Waals surface area contributed by atoms with E-state index in [2.05, 4.69) is 20.6 Å². The molecule has 260 valence electrons. The molecular formula is C34H45N5O8S. The van der Waals surface area contributed by atoms with Gasteiger partial charge in [-0.25, -0.2) is 23.2 Å². The molecule has 3 aromatic rings. The van der Waals surface area contributed by atoms with Crippen molar-refractivity contribution in [3.05, 3.63) is 59.9 Å². The van der Waals surface area contributed by atoms with Gasteiger partial charge in [-0.1, -0.05) is 24.3 Å². The van der Waals surface area contributed by atoms with Gasteiger partial charge < -0.3 is 35.7 Å². The summed E-state index contributed by atoms with van der Waals surface area (Å²) in [6.45, 7) is 10.5. The molecule has 0 saturated heterocycles. The van der Waals surface area contributed by atoms with Gasteiger partial charge in [0.25, 0.3) is 5.91 Å². The topological polar surface area (TPSA) is 192 Å². The van der Waals surface area contributed by atoms with Crippen LogP contribution in [0.3, 0.4) is 0 Å². The van der Waals surface area contributed by atoms with Gasteiger partial charge in [0.2, 0.25) is 0 Å². The Morgan fingerprint density at radius 1 is 1.10 bits per heavy atom. The maximum atomic E-state index is 13.6. The largest absolute Gasteiger partial charge is 0.491 e. The molecule has 1 aromatic heterocycles. The molecule has 5 N–H and O–H groups in total. The predicted octanol–water partition coefficient (Wildman–Crippen LogP) is 4.89. The molecule has 13 nitrogen and oxygen atoms in total. The van der Waals surface area contributed by atoms with E-state index < -0.39 is 37.8 Å². The van der Waals surface area contributed by atoms with Crippen LogP contribution in [0.5, 0.6) is 5.75 Å². The van der Waals surface area contributed by atoms with Crippen LogP contribution < -0.4 is 21.1 Å². The molecule has 3 heterocycles. The molecule has 1 atom stereocenters. The number of aliphatic hydroxyl groups is 1. The van der Waals surface area contributed by atoms with Crippen LogP contribution in [0.2, 0.25) is 0 Å². The summed E-state index contributed by atoms with van der Waals surface area (Å²) in [4.78, 5) is 34.6. The molecular weight excluding hydrogens is 638 g/mol. The number of ether oxygens (including phenoxy) is 3. The number of nitrogens with zero attached hydrogens (tertiary/aromatic N) is 2. The normalized spacial score (nSPS) is 20.2. The fourth-order valence-corrected chi connectivity index (χ4v) is 6.95. The van der Waals surface area contributed by atoms with E-state index in [1.807, 2.05) is 0 Å². The second-order valence-electron chi connectivity index (χ2n) is 13.7. The van der Waals surface area contributed by atoms with Gasteiger partial charge >= 0.3 is 6.09 Å². The highest BCUT2D eigenvalue weighted by Gasteiger charge is 2.41. The molecule has 2 aromatic carbocycles. The first kappa shape index (κ1) is 36.6. The summed E-state index contributed by atoms with van der Waals surface area (Å²) in [6, 6.07) is 11.2. The molecule has 0 radical (unpaired) electrons. The van der Waals surface area contributed by atoms with E-state index in [1.54, 1.807) is 71.9 Å². The molecule has 48 heavy (non-hydrogen) atoms. The number of nitrogens with one attached hydrogen (secondary N) is 2. The van der Waals surface area contributed by atoms with Crippen LogP contribution in [0.15, 0.2) is 53.6 Å². The highest BCUT2D eigenvalue weighted by molar-refractivity contribution is 7.92. The van der Waals surface area contributed by atoms with Crippen molar-refractivity contribution in [1.82, 2.24) is 15.3 Å². The van der Waals surface area contributed by atoms with Gasteiger partial charge in [-0.15, -0.1) is 0 Å². The highest BCUT2D eigenvalue weighted by Crippen LogP contribution is 2.34. The number of benzene rings is 2. The summed E-state index contributed by atoms with van der Waals surface area (Å²) in [7, 11) is -3.87. The van der Waals surface area contributed by atoms with Gasteiger partial charge in [0.05, 0.1) is 46.0 Å². The summed E-state index contributed by atoms with van der Waals surface area (Å²) < 4.78 is 43.2. The smallest absolute Gasteiger partial charge is 0.407 e. The Bertz CT molecular complexity index is 1740. The number of rotatable bonds is 2. The number of carbonyl (C=O) groups excluding carboxylic acids is 2. The SMILES string of the molecule is CC(C)(C)OC(=O)NCc1cccc2c1OCCCCOC[C@@](C)(O)CC(C)(C)S(=O)(=O)c1ccc(cc1)-c1cnc(N)c(n1)C(=O)N2. The minimum Gasteiger partial charge on any atom is -0.491 e. The summed E-state index contributed by atoms with van der Waals surface area (Å²) >= 11 is 0. The summed E-state index contributed by atoms with van der Waals surface area (Å²) in [5, 5.41) is 16.6. The average molecular weight is 684 g/mol. The molecule has 2 aliphatic rings. The number of sulfone groups is 1. The van der Waals surface area contributed by atoms with Crippen LogP contribution in [-0.4, -0.2) is 71.3 Å². The molecule has 2 aliphatic heterocycles. The van der Waals surface area contributed by atoms with E-state index in [-0.39, 0.29) is 42.6 Å². The molecule has 14 heteroatoms. The van der Waals surface area contributed by atoms with Gasteiger partial charge in [-0.2, -0.15) is 0 Å². The maximum Gasteiger partial charge on any atom is 0.407 e. The minimum atomic E-state index is -3.87. The number of nitrogens with two attached hydrogens (primary N) is 1. The van der Waals surface area contributed by atoms with Crippen molar-refractivity contribution in [1.29, 1.82) is 0 Å². The van der Waals surface area contributed by atoms with Crippen LogP contribution in [0.4, 0.5) is 16.3 Å². The monoisotopic (exact) mass is 683 g/mol. The third-order valence-electron chi connectivity index (χ3n) is 7.52. The zero-order valence-corrected chi connectivity index (χ0v) is 29.1. The Morgan fingerprint density at radius 3 is 2.48 bits per heavy atom. The van der Waals surface area contributed by atoms with Crippen molar-refractivity contribution in [2.45, 2.75) is 88.2 Å². The van der Waals surface area contributed by atoms with Crippen molar-refractivity contribution in [3.63, 3.8) is 0 Å². The van der Waals surface area contributed by atoms with Crippen LogP contribution in [-0.2, 0) is 25.9 Å². The van der Waals surface area contributed by atoms with E-state index in [9.17, 15) is 23.1 Å². The van der Waals surface area contributed by atoms with Crippen LogP contribution >= 0.6 is 0 Å². The zero-order chi connectivity index (χ0) is 35.3. The van der Waals surface area contributed by atoms with Crippen LogP contribution in [0, 0.1) is 0 Å². The number of amides is 2. The molecule has 0 saturated carbocycles. The number of para-hydroxylation sites is 1. The first-order valence-electron chi connectivity index (χ1n) is 15.7. The lowest BCUT2D eigenvalue weighted by Crippen LogP contribution is -2.43. The fraction of sp³-hybridized carbons (Fsp3) is 0.471. The summed E-state index contributed by atoms with van der Waals surface area (Å²) in [5.41, 5.74) is 5.56. The number of fused-ring (bicyclic) bond motifs is 13. The zero-order valence-electron chi connectivity index (χ0n) is 28.3. The fourth-order valence-electron chi connectivity index (χ4n) is 5.32. The average Bonchev–Trinajstić information content (AvgIpc) is 2.98. The first-order valence-corrected chi connectivity index (χ1v) is 17.2. The molecule has 0 fully saturated rings. The number of carbonyl (C=O) groups is 2.